The van der Waals surface area contributed by atoms with Crippen LogP contribution in [-0.2, 0) is 6.54 Å². The quantitative estimate of drug-likeness (QED) is 0.588. The summed E-state index contributed by atoms with van der Waals surface area (Å²) in [5.41, 5.74) is 5.51. The number of nitrogens with zero attached hydrogens (tertiary/aromatic N) is 3. The summed E-state index contributed by atoms with van der Waals surface area (Å²) < 4.78 is 1.85. The molecule has 0 aliphatic rings. The van der Waals surface area contributed by atoms with Crippen LogP contribution in [0.1, 0.15) is 6.92 Å². The van der Waals surface area contributed by atoms with E-state index in [4.69, 9.17) is 5.73 Å². The van der Waals surface area contributed by atoms with Gasteiger partial charge in [0.15, 0.2) is 0 Å². The molecule has 0 saturated carbocycles. The predicted molar refractivity (Wildman–Crippen MR) is 33.7 cm³/mol. The number of hydrogen-bond acceptors (Lipinski definition) is 3. The third-order valence-electron chi connectivity index (χ3n) is 0.965. The summed E-state index contributed by atoms with van der Waals surface area (Å²) in [6, 6.07) is 0.168. The molecule has 0 aliphatic carbocycles. The van der Waals surface area contributed by atoms with E-state index in [1.807, 2.05) is 11.5 Å². The maximum atomic E-state index is 5.51. The SMILES string of the molecule is CC(N)Cn1cnnc1. The molecule has 0 amide bonds. The van der Waals surface area contributed by atoms with Crippen LogP contribution in [0.2, 0.25) is 0 Å². The van der Waals surface area contributed by atoms with Crippen LogP contribution in [0.25, 0.3) is 0 Å². The van der Waals surface area contributed by atoms with Gasteiger partial charge in [0.2, 0.25) is 0 Å². The summed E-state index contributed by atoms with van der Waals surface area (Å²) >= 11 is 0. The zero-order valence-corrected chi connectivity index (χ0v) is 5.36. The summed E-state index contributed by atoms with van der Waals surface area (Å²) in [6.07, 6.45) is 3.31. The minimum absolute atomic E-state index is 0.168. The van der Waals surface area contributed by atoms with Crippen molar-refractivity contribution >= 4 is 0 Å². The molecule has 50 valence electrons. The van der Waals surface area contributed by atoms with Gasteiger partial charge in [0.05, 0.1) is 0 Å². The molecule has 1 atom stereocenters. The van der Waals surface area contributed by atoms with Crippen LogP contribution in [-0.4, -0.2) is 20.8 Å². The Balaban J connectivity index is 2.48. The summed E-state index contributed by atoms with van der Waals surface area (Å²) in [5.74, 6) is 0. The van der Waals surface area contributed by atoms with E-state index in [-0.39, 0.29) is 6.04 Å². The smallest absolute Gasteiger partial charge is 0.119 e. The molecule has 4 nitrogen and oxygen atoms in total. The molecule has 1 heterocycles. The van der Waals surface area contributed by atoms with Crippen molar-refractivity contribution in [3.8, 4) is 0 Å². The summed E-state index contributed by atoms with van der Waals surface area (Å²) in [6.45, 7) is 2.73. The highest BCUT2D eigenvalue weighted by Crippen LogP contribution is 1.84. The molecule has 1 rings (SSSR count). The van der Waals surface area contributed by atoms with Gasteiger partial charge in [-0.3, -0.25) is 0 Å². The van der Waals surface area contributed by atoms with Crippen LogP contribution >= 0.6 is 0 Å². The molecule has 4 heteroatoms. The molecular weight excluding hydrogens is 116 g/mol. The van der Waals surface area contributed by atoms with E-state index in [1.165, 1.54) is 0 Å². The van der Waals surface area contributed by atoms with Gasteiger partial charge in [0, 0.05) is 12.6 Å². The van der Waals surface area contributed by atoms with Crippen LogP contribution in [0.5, 0.6) is 0 Å². The van der Waals surface area contributed by atoms with Crippen LogP contribution in [0.3, 0.4) is 0 Å². The van der Waals surface area contributed by atoms with E-state index in [2.05, 4.69) is 10.2 Å². The van der Waals surface area contributed by atoms with Crippen LogP contribution in [0.15, 0.2) is 12.7 Å². The minimum Gasteiger partial charge on any atom is -0.326 e. The van der Waals surface area contributed by atoms with Crippen LogP contribution < -0.4 is 5.73 Å². The number of aromatic nitrogens is 3. The van der Waals surface area contributed by atoms with Crippen molar-refractivity contribution < 1.29 is 0 Å². The first-order valence-corrected chi connectivity index (χ1v) is 2.87. The van der Waals surface area contributed by atoms with E-state index in [9.17, 15) is 0 Å². The first kappa shape index (κ1) is 6.22. The summed E-state index contributed by atoms with van der Waals surface area (Å²) in [4.78, 5) is 0. The van der Waals surface area contributed by atoms with Crippen molar-refractivity contribution in [3.63, 3.8) is 0 Å². The van der Waals surface area contributed by atoms with Crippen LogP contribution in [0.4, 0.5) is 0 Å². The molecule has 0 aliphatic heterocycles. The van der Waals surface area contributed by atoms with Gasteiger partial charge in [-0.05, 0) is 6.92 Å². The fraction of sp³-hybridized carbons (Fsp3) is 0.600. The maximum Gasteiger partial charge on any atom is 0.119 e. The molecular formula is C5H10N4. The average Bonchev–Trinajstić information content (AvgIpc) is 2.15. The highest BCUT2D eigenvalue weighted by atomic mass is 15.2. The zero-order chi connectivity index (χ0) is 6.69. The Hall–Kier alpha value is -0.900. The third kappa shape index (κ3) is 1.81. The van der Waals surface area contributed by atoms with Gasteiger partial charge >= 0.3 is 0 Å². The first-order chi connectivity index (χ1) is 4.29. The predicted octanol–water partition coefficient (Wildman–Crippen LogP) is -0.375. The second-order valence-corrected chi connectivity index (χ2v) is 2.14. The molecule has 0 fully saturated rings. The number of hydrogen-bond donors (Lipinski definition) is 1. The molecule has 1 aromatic heterocycles. The fourth-order valence-corrected chi connectivity index (χ4v) is 0.649. The van der Waals surface area contributed by atoms with Crippen molar-refractivity contribution in [1.82, 2.24) is 14.8 Å². The second-order valence-electron chi connectivity index (χ2n) is 2.14. The standard InChI is InChI=1S/C5H10N4/c1-5(6)2-9-3-7-8-4-9/h3-5H,2,6H2,1H3. The Bertz CT molecular complexity index is 155. The van der Waals surface area contributed by atoms with Gasteiger partial charge in [-0.15, -0.1) is 10.2 Å². The lowest BCUT2D eigenvalue weighted by atomic mass is 10.4. The van der Waals surface area contributed by atoms with Crippen LogP contribution in [0, 0.1) is 0 Å². The van der Waals surface area contributed by atoms with E-state index < -0.39 is 0 Å². The summed E-state index contributed by atoms with van der Waals surface area (Å²) in [5, 5.41) is 7.27. The van der Waals surface area contributed by atoms with Gasteiger partial charge in [-0.2, -0.15) is 0 Å². The maximum absolute atomic E-state index is 5.51. The normalized spacial score (nSPS) is 13.6. The topological polar surface area (TPSA) is 56.7 Å². The number of nitrogens with two attached hydrogens (primary N) is 1. The van der Waals surface area contributed by atoms with E-state index in [1.54, 1.807) is 12.7 Å². The van der Waals surface area contributed by atoms with E-state index in [0.29, 0.717) is 0 Å². The molecule has 0 aromatic carbocycles. The van der Waals surface area contributed by atoms with Crippen molar-refractivity contribution in [2.75, 3.05) is 0 Å². The lowest BCUT2D eigenvalue weighted by Crippen LogP contribution is -2.21. The monoisotopic (exact) mass is 126 g/mol. The lowest BCUT2D eigenvalue weighted by Gasteiger charge is -2.02. The third-order valence-corrected chi connectivity index (χ3v) is 0.965. The van der Waals surface area contributed by atoms with Crippen molar-refractivity contribution in [3.05, 3.63) is 12.7 Å². The second kappa shape index (κ2) is 2.59. The Morgan fingerprint density at radius 3 is 2.56 bits per heavy atom. The molecule has 1 unspecified atom stereocenters. The van der Waals surface area contributed by atoms with Gasteiger partial charge in [-0.25, -0.2) is 0 Å². The van der Waals surface area contributed by atoms with Crippen molar-refractivity contribution in [2.45, 2.75) is 19.5 Å². The Kier molecular flexibility index (Phi) is 1.79. The molecule has 0 spiro atoms. The van der Waals surface area contributed by atoms with Gasteiger partial charge in [-0.1, -0.05) is 0 Å². The van der Waals surface area contributed by atoms with E-state index >= 15 is 0 Å². The fourth-order valence-electron chi connectivity index (χ4n) is 0.649. The van der Waals surface area contributed by atoms with Crippen molar-refractivity contribution in [2.24, 2.45) is 5.73 Å². The molecule has 9 heavy (non-hydrogen) atoms. The Morgan fingerprint density at radius 1 is 1.56 bits per heavy atom. The highest BCUT2D eigenvalue weighted by molar-refractivity contribution is 4.63. The molecule has 0 saturated heterocycles. The number of rotatable bonds is 2. The van der Waals surface area contributed by atoms with E-state index in [0.717, 1.165) is 6.54 Å². The lowest BCUT2D eigenvalue weighted by molar-refractivity contribution is 0.588. The van der Waals surface area contributed by atoms with Gasteiger partial charge in [0.1, 0.15) is 12.7 Å². The average molecular weight is 126 g/mol. The Labute approximate surface area is 53.7 Å². The minimum atomic E-state index is 0.168. The molecule has 2 N–H and O–H groups in total. The first-order valence-electron chi connectivity index (χ1n) is 2.87. The zero-order valence-electron chi connectivity index (χ0n) is 5.36. The molecule has 0 radical (unpaired) electrons. The summed E-state index contributed by atoms with van der Waals surface area (Å²) in [7, 11) is 0. The van der Waals surface area contributed by atoms with Gasteiger partial charge in [0.25, 0.3) is 0 Å². The molecule has 1 aromatic rings. The Morgan fingerprint density at radius 2 is 2.11 bits per heavy atom. The van der Waals surface area contributed by atoms with Gasteiger partial charge < -0.3 is 10.3 Å². The highest BCUT2D eigenvalue weighted by Gasteiger charge is 1.93. The largest absolute Gasteiger partial charge is 0.326 e. The molecule has 0 bridgehead atoms. The van der Waals surface area contributed by atoms with Crippen molar-refractivity contribution in [1.29, 1.82) is 0 Å².